The average molecular weight is 1590 g/mol. The zero-order valence-electron chi connectivity index (χ0n) is 63.4. The van der Waals surface area contributed by atoms with E-state index in [9.17, 15) is 72.7 Å². The summed E-state index contributed by atoms with van der Waals surface area (Å²) in [6, 6.07) is 2.03. The van der Waals surface area contributed by atoms with Gasteiger partial charge in [0.25, 0.3) is 16.8 Å². The number of carbonyl (C=O) groups excluding carboxylic acids is 11. The molecule has 1 spiro atoms. The van der Waals surface area contributed by atoms with E-state index in [1.807, 2.05) is 0 Å². The van der Waals surface area contributed by atoms with E-state index < -0.39 is 210 Å². The van der Waals surface area contributed by atoms with Crippen LogP contribution in [0.15, 0.2) is 76.9 Å². The summed E-state index contributed by atoms with van der Waals surface area (Å²) in [5, 5.41) is 32.1. The molecule has 1 aromatic carbocycles. The van der Waals surface area contributed by atoms with E-state index in [2.05, 4.69) is 45.0 Å². The molecule has 5 bridgehead atoms. The van der Waals surface area contributed by atoms with Crippen LogP contribution in [0.1, 0.15) is 152 Å². The van der Waals surface area contributed by atoms with Gasteiger partial charge in [-0.1, -0.05) is 79.7 Å². The number of pyridine rings is 1. The lowest BCUT2D eigenvalue weighted by molar-refractivity contribution is -0.167. The van der Waals surface area contributed by atoms with Gasteiger partial charge in [-0.15, -0.1) is 0 Å². The summed E-state index contributed by atoms with van der Waals surface area (Å²) in [5.74, 6) is -15.6. The molecule has 6 aliphatic rings. The molecule has 38 heteroatoms. The Balaban J connectivity index is 1.29. The fraction of sp³-hybridized carbons (Fsp3) is 0.569. The number of phenols is 1. The van der Waals surface area contributed by atoms with Gasteiger partial charge in [-0.3, -0.25) is 57.7 Å². The van der Waals surface area contributed by atoms with Crippen molar-refractivity contribution in [1.82, 2.24) is 36.1 Å². The molecule has 36 nitrogen and oxygen atoms in total. The molecule has 110 heavy (non-hydrogen) atoms. The summed E-state index contributed by atoms with van der Waals surface area (Å²) in [7, 11) is -8.38. The van der Waals surface area contributed by atoms with Gasteiger partial charge < -0.3 is 108 Å². The number of ether oxygens (including phenoxy) is 10. The SMILES string of the molecule is CCC(=O)OCOC(=O)NCCN(CC(=O)O[C@@H]1[C@@H](C)[C@@H](O)[C@@H](C)[C@H](OC(C)=O)[C@H](C)[C@@H](OC)/C=C/O[C@@]2(C)Oc3c(C)c(O)c4c(c3C2=O)C2=NC3(CCN(CC(C)C)CC3)NC2=C(NC(=O)/C(C)=C\C=C\[C@@H]1C)C4=O)C(=O)C(CCC(=O)OC(Cc1ccccn1)(P(O)O)P(=O)(O)O)NC(=O)OCOC(=O)CC. The maximum atomic E-state index is 15.2. The Morgan fingerprint density at radius 2 is 1.50 bits per heavy atom. The van der Waals surface area contributed by atoms with E-state index >= 15 is 14.4 Å². The third-order valence-corrected chi connectivity index (χ3v) is 22.6. The third kappa shape index (κ3) is 21.2. The summed E-state index contributed by atoms with van der Waals surface area (Å²) in [6.45, 7) is 16.3. The van der Waals surface area contributed by atoms with E-state index in [0.29, 0.717) is 36.7 Å². The molecule has 1 fully saturated rings. The minimum absolute atomic E-state index is 0.00278. The molecule has 1 aliphatic carbocycles. The number of nitrogens with zero attached hydrogens (tertiary/aromatic N) is 4. The Morgan fingerprint density at radius 1 is 0.855 bits per heavy atom. The highest BCUT2D eigenvalue weighted by Gasteiger charge is 2.59. The monoisotopic (exact) mass is 1580 g/mol. The lowest BCUT2D eigenvalue weighted by atomic mass is 9.78. The van der Waals surface area contributed by atoms with Crippen LogP contribution in [0.25, 0.3) is 0 Å². The summed E-state index contributed by atoms with van der Waals surface area (Å²) < 4.78 is 68.5. The summed E-state index contributed by atoms with van der Waals surface area (Å²) >= 11 is 0. The number of nitrogens with one attached hydrogen (secondary N) is 4. The van der Waals surface area contributed by atoms with Crippen molar-refractivity contribution >= 4 is 87.1 Å². The number of benzene rings is 1. The van der Waals surface area contributed by atoms with Crippen LogP contribution >= 0.6 is 16.0 Å². The van der Waals surface area contributed by atoms with Crippen molar-refractivity contribution in [1.29, 1.82) is 0 Å². The van der Waals surface area contributed by atoms with Gasteiger partial charge in [-0.25, -0.2) is 9.59 Å². The number of esters is 5. The standard InChI is InChI=1S/C72H98N8O28P2/c1-14-49(82)100-36-102-68(92)74-28-31-80(67(91)47(75-69(93)103-37-101-50(83)15-2)22-23-51(84)107-72(109(94)95,110(96,97)98)33-46-21-16-17-27-73-46)35-52(85)106-62-39(5)19-18-20-40(6)66(90)76-58-57-56(77-71(78-57)25-29-79(30-26-71)34-38(3)4)53-54(61(58)88)60(87)44(10)64-55(53)65(89)70(12,108-64)104-32-24-48(99-13)41(7)63(105-45(11)81)43(9)59(86)42(62)8/h16-21,24,27,32,38-39,41-43,47-48,59,62-63,78,86-87,94-95H,14-15,22-23,25-26,28-31,33-37H2,1-13H3,(H,74,92)(H,75,93)(H,76,90)(H2,96,97,98)/b19-18+,32-24+,40-20-/t39-,41+,42-,43+,47?,48-,59+,62-,63+,70-,72?/m0/s1. The van der Waals surface area contributed by atoms with Crippen molar-refractivity contribution in [2.24, 2.45) is 34.6 Å². The zero-order valence-corrected chi connectivity index (χ0v) is 65.2. The maximum absolute atomic E-state index is 15.2. The predicted octanol–water partition coefficient (Wildman–Crippen LogP) is 4.73. The highest BCUT2D eigenvalue weighted by atomic mass is 31.2. The van der Waals surface area contributed by atoms with Crippen LogP contribution in [0.5, 0.6) is 11.5 Å². The molecule has 1 aromatic heterocycles. The highest BCUT2D eigenvalue weighted by Crippen LogP contribution is 2.67. The molecule has 2 unspecified atom stereocenters. The molecule has 1 saturated heterocycles. The number of phenolic OH excluding ortho intramolecular Hbond substituents is 1. The second-order valence-corrected chi connectivity index (χ2v) is 31.3. The molecule has 10 N–H and O–H groups in total. The van der Waals surface area contributed by atoms with Crippen molar-refractivity contribution in [2.75, 3.05) is 60.0 Å². The molecule has 4 amide bonds. The number of aliphatic hydroxyl groups is 1. The van der Waals surface area contributed by atoms with E-state index in [0.717, 1.165) is 19.7 Å². The molecule has 0 saturated carbocycles. The van der Waals surface area contributed by atoms with Crippen LogP contribution in [0.3, 0.4) is 0 Å². The normalized spacial score (nSPS) is 24.6. The quantitative estimate of drug-likeness (QED) is 0.0263. The van der Waals surface area contributed by atoms with Gasteiger partial charge in [0.05, 0.1) is 47.4 Å². The second kappa shape index (κ2) is 38.1. The number of aliphatic hydroxyl groups excluding tert-OH is 1. The van der Waals surface area contributed by atoms with Crippen molar-refractivity contribution in [3.05, 3.63) is 99.9 Å². The van der Waals surface area contributed by atoms with E-state index in [1.165, 1.54) is 104 Å². The predicted molar refractivity (Wildman–Crippen MR) is 387 cm³/mol. The Bertz CT molecular complexity index is 4000. The van der Waals surface area contributed by atoms with Crippen LogP contribution in [0, 0.1) is 36.5 Å². The minimum atomic E-state index is -5.86. The molecule has 5 aliphatic heterocycles. The molecular weight excluding hydrogens is 1490 g/mol. The first-order chi connectivity index (χ1) is 51.8. The number of Topliss-reactive ketones (excluding diaryl/α,β-unsaturated/α-hetero) is 2. The maximum Gasteiger partial charge on any atom is 0.410 e. The number of ketones is 2. The molecular formula is C72H98N8O28P2. The van der Waals surface area contributed by atoms with Crippen molar-refractivity contribution in [3.63, 3.8) is 0 Å². The Morgan fingerprint density at radius 3 is 2.09 bits per heavy atom. The van der Waals surface area contributed by atoms with Crippen LogP contribution in [-0.2, 0) is 87.2 Å². The number of fused-ring (bicyclic) bond motifs is 13. The number of allylic oxidation sites excluding steroid dienone is 4. The van der Waals surface area contributed by atoms with E-state index in [4.69, 9.17) is 52.4 Å². The number of alkyl carbamates (subject to hydrolysis) is 2. The minimum Gasteiger partial charge on any atom is -0.507 e. The Hall–Kier alpha value is -9.25. The highest BCUT2D eigenvalue weighted by molar-refractivity contribution is 7.69. The number of aromatic nitrogens is 1. The second-order valence-electron chi connectivity index (χ2n) is 27.8. The lowest BCUT2D eigenvalue weighted by Gasteiger charge is -2.39. The van der Waals surface area contributed by atoms with Crippen molar-refractivity contribution in [3.8, 4) is 11.5 Å². The number of rotatable bonds is 26. The smallest absolute Gasteiger partial charge is 0.410 e. The molecule has 8 rings (SSSR count). The number of aromatic hydroxyl groups is 1. The molecule has 11 atom stereocenters. The van der Waals surface area contributed by atoms with Gasteiger partial charge in [0.1, 0.15) is 47.7 Å². The summed E-state index contributed by atoms with van der Waals surface area (Å²) in [4.78, 5) is 206. The van der Waals surface area contributed by atoms with Crippen molar-refractivity contribution in [2.45, 2.75) is 175 Å². The first-order valence-corrected chi connectivity index (χ1v) is 38.5. The van der Waals surface area contributed by atoms with Crippen molar-refractivity contribution < 1.29 is 134 Å². The summed E-state index contributed by atoms with van der Waals surface area (Å²) in [6.07, 6.45) is -2.48. The number of likely N-dealkylation sites (tertiary alicyclic amines) is 1. The topological polar surface area (TPSA) is 498 Å². The van der Waals surface area contributed by atoms with E-state index in [-0.39, 0.29) is 69.2 Å². The summed E-state index contributed by atoms with van der Waals surface area (Å²) in [5.41, 5.74) is -1.81. The third-order valence-electron chi connectivity index (χ3n) is 19.3. The average Bonchev–Trinajstić information content (AvgIpc) is 1.52. The van der Waals surface area contributed by atoms with Gasteiger partial charge in [0, 0.05) is 138 Å². The van der Waals surface area contributed by atoms with Gasteiger partial charge in [0.2, 0.25) is 33.7 Å². The Kier molecular flexibility index (Phi) is 30.5. The van der Waals surface area contributed by atoms with E-state index in [1.54, 1.807) is 13.8 Å². The molecule has 604 valence electrons. The number of methoxy groups -OCH3 is 1. The largest absolute Gasteiger partial charge is 0.507 e. The fourth-order valence-electron chi connectivity index (χ4n) is 13.3. The van der Waals surface area contributed by atoms with Crippen LogP contribution in [-0.4, -0.2) is 223 Å². The van der Waals surface area contributed by atoms with Crippen LogP contribution in [0.2, 0.25) is 0 Å². The van der Waals surface area contributed by atoms with Gasteiger partial charge >= 0.3 is 55.4 Å². The molecule has 2 aromatic rings. The lowest BCUT2D eigenvalue weighted by Crippen LogP contribution is -2.53. The molecule has 6 heterocycles. The first kappa shape index (κ1) is 88.0. The number of hydrogen-bond acceptors (Lipinski definition) is 30. The number of hydrogen-bond donors (Lipinski definition) is 10. The first-order valence-electron chi connectivity index (χ1n) is 35.7. The number of piperidine rings is 1. The number of carbonyl (C=O) groups is 11. The van der Waals surface area contributed by atoms with Gasteiger partial charge in [0.15, 0.2) is 0 Å². The Labute approximate surface area is 636 Å². The zero-order chi connectivity index (χ0) is 81.5. The number of aliphatic imine (C=N–C) groups is 1. The van der Waals surface area contributed by atoms with Gasteiger partial charge in [-0.2, -0.15) is 0 Å². The van der Waals surface area contributed by atoms with Crippen LogP contribution in [0.4, 0.5) is 9.59 Å². The van der Waals surface area contributed by atoms with Gasteiger partial charge in [-0.05, 0) is 44.4 Å². The van der Waals surface area contributed by atoms with Crippen LogP contribution < -0.4 is 26.0 Å². The fourth-order valence-corrected chi connectivity index (χ4v) is 15.3. The number of amides is 4. The molecule has 0 radical (unpaired) electrons.